The van der Waals surface area contributed by atoms with Crippen LogP contribution < -0.4 is 0 Å². The average Bonchev–Trinajstić information content (AvgIpc) is 3.30. The molecule has 1 aliphatic heterocycles. The molecule has 2 aromatic carbocycles. The van der Waals surface area contributed by atoms with Crippen molar-refractivity contribution in [3.05, 3.63) is 77.2 Å². The zero-order chi connectivity index (χ0) is 20.6. The Morgan fingerprint density at radius 1 is 1.21 bits per heavy atom. The Morgan fingerprint density at radius 2 is 2.03 bits per heavy atom. The number of benzene rings is 2. The third-order valence-electron chi connectivity index (χ3n) is 4.77. The Bertz CT molecular complexity index is 1080. The van der Waals surface area contributed by atoms with Gasteiger partial charge >= 0.3 is 6.18 Å². The largest absolute Gasteiger partial charge is 0.416 e. The van der Waals surface area contributed by atoms with Crippen molar-refractivity contribution in [2.75, 3.05) is 0 Å². The Hall–Kier alpha value is -2.61. The molecule has 1 aliphatic rings. The van der Waals surface area contributed by atoms with Gasteiger partial charge in [-0.15, -0.1) is 0 Å². The lowest BCUT2D eigenvalue weighted by Gasteiger charge is -2.14. The maximum Gasteiger partial charge on any atom is 0.416 e. The lowest BCUT2D eigenvalue weighted by atomic mass is 9.93. The third kappa shape index (κ3) is 4.37. The van der Waals surface area contributed by atoms with Gasteiger partial charge in [-0.2, -0.15) is 13.2 Å². The van der Waals surface area contributed by atoms with Gasteiger partial charge in [-0.1, -0.05) is 35.5 Å². The van der Waals surface area contributed by atoms with Crippen molar-refractivity contribution in [2.24, 2.45) is 12.2 Å². The second-order valence-corrected chi connectivity index (χ2v) is 7.90. The van der Waals surface area contributed by atoms with E-state index >= 15 is 0 Å². The number of rotatable bonds is 4. The molecule has 3 aromatic rings. The molecule has 0 fully saturated rings. The summed E-state index contributed by atoms with van der Waals surface area (Å²) >= 11 is 3.34. The predicted molar refractivity (Wildman–Crippen MR) is 108 cm³/mol. The van der Waals surface area contributed by atoms with E-state index < -0.39 is 11.7 Å². The molecule has 1 atom stereocenters. The van der Waals surface area contributed by atoms with Crippen LogP contribution in [0, 0.1) is 0 Å². The Balaban J connectivity index is 1.71. The standard InChI is InChI=1S/C21H17BrF3N3O/c1-28-11-18(26-12-28)17-9-15(19-10-20(22)27-29-19)6-5-14(17)7-13-3-2-4-16(8-13)21(23,24)25/h2-6,8-9,11-12,19H,7,10H2,1H3/t19-/m0/s1. The van der Waals surface area contributed by atoms with Crippen LogP contribution in [-0.4, -0.2) is 14.2 Å². The minimum Gasteiger partial charge on any atom is -0.386 e. The van der Waals surface area contributed by atoms with Gasteiger partial charge in [0.1, 0.15) is 4.62 Å². The first-order valence-electron chi connectivity index (χ1n) is 8.95. The number of imidazole rings is 1. The summed E-state index contributed by atoms with van der Waals surface area (Å²) in [5, 5.41) is 3.93. The molecule has 0 saturated carbocycles. The van der Waals surface area contributed by atoms with E-state index in [1.807, 2.05) is 36.0 Å². The SMILES string of the molecule is Cn1cnc(-c2cc([C@@H]3CC(Br)=NO3)ccc2Cc2cccc(C(F)(F)F)c2)c1. The molecule has 8 heteroatoms. The Kier molecular flexibility index (Phi) is 5.21. The van der Waals surface area contributed by atoms with Crippen LogP contribution in [0.1, 0.15) is 34.8 Å². The molecule has 0 aliphatic carbocycles. The summed E-state index contributed by atoms with van der Waals surface area (Å²) in [5.74, 6) is 0. The van der Waals surface area contributed by atoms with Gasteiger partial charge in [-0.05, 0) is 51.2 Å². The fourth-order valence-electron chi connectivity index (χ4n) is 3.34. The highest BCUT2D eigenvalue weighted by molar-refractivity contribution is 9.18. The smallest absolute Gasteiger partial charge is 0.386 e. The summed E-state index contributed by atoms with van der Waals surface area (Å²) in [7, 11) is 1.87. The van der Waals surface area contributed by atoms with Crippen LogP contribution in [0.3, 0.4) is 0 Å². The molecule has 2 heterocycles. The van der Waals surface area contributed by atoms with E-state index in [0.29, 0.717) is 18.4 Å². The summed E-state index contributed by atoms with van der Waals surface area (Å²) in [6.45, 7) is 0. The van der Waals surface area contributed by atoms with Gasteiger partial charge in [0.15, 0.2) is 6.10 Å². The number of nitrogens with zero attached hydrogens (tertiary/aromatic N) is 3. The van der Waals surface area contributed by atoms with Gasteiger partial charge in [0.05, 0.1) is 17.6 Å². The van der Waals surface area contributed by atoms with Crippen LogP contribution in [0.4, 0.5) is 13.2 Å². The van der Waals surface area contributed by atoms with Crippen molar-refractivity contribution in [3.8, 4) is 11.3 Å². The molecule has 4 nitrogen and oxygen atoms in total. The van der Waals surface area contributed by atoms with E-state index in [4.69, 9.17) is 4.84 Å². The molecular formula is C21H17BrF3N3O. The first-order chi connectivity index (χ1) is 13.8. The normalized spacial score (nSPS) is 16.6. The van der Waals surface area contributed by atoms with E-state index in [0.717, 1.165) is 33.1 Å². The number of hydrogen-bond acceptors (Lipinski definition) is 3. The van der Waals surface area contributed by atoms with Crippen LogP contribution in [0.5, 0.6) is 0 Å². The zero-order valence-corrected chi connectivity index (χ0v) is 17.0. The van der Waals surface area contributed by atoms with E-state index in [1.165, 1.54) is 12.1 Å². The molecule has 0 unspecified atom stereocenters. The second-order valence-electron chi connectivity index (χ2n) is 6.98. The Labute approximate surface area is 174 Å². The first kappa shape index (κ1) is 19.7. The van der Waals surface area contributed by atoms with Crippen molar-refractivity contribution in [2.45, 2.75) is 25.1 Å². The number of halogens is 4. The fourth-order valence-corrected chi connectivity index (χ4v) is 3.72. The predicted octanol–water partition coefficient (Wildman–Crippen LogP) is 5.87. The van der Waals surface area contributed by atoms with Crippen LogP contribution in [0.25, 0.3) is 11.3 Å². The van der Waals surface area contributed by atoms with Gasteiger partial charge in [0.25, 0.3) is 0 Å². The van der Waals surface area contributed by atoms with Gasteiger partial charge < -0.3 is 9.40 Å². The minimum atomic E-state index is -4.36. The van der Waals surface area contributed by atoms with Crippen LogP contribution in [-0.2, 0) is 24.5 Å². The summed E-state index contributed by atoms with van der Waals surface area (Å²) in [5.41, 5.74) is 3.41. The monoisotopic (exact) mass is 463 g/mol. The Morgan fingerprint density at radius 3 is 2.69 bits per heavy atom. The van der Waals surface area contributed by atoms with E-state index in [1.54, 1.807) is 12.4 Å². The summed E-state index contributed by atoms with van der Waals surface area (Å²) in [6.07, 6.45) is 0.0145. The zero-order valence-electron chi connectivity index (χ0n) is 15.4. The van der Waals surface area contributed by atoms with Gasteiger partial charge in [-0.3, -0.25) is 0 Å². The van der Waals surface area contributed by atoms with E-state index in [9.17, 15) is 13.2 Å². The number of hydrogen-bond donors (Lipinski definition) is 0. The van der Waals surface area contributed by atoms with Crippen molar-refractivity contribution >= 4 is 20.6 Å². The first-order valence-corrected chi connectivity index (χ1v) is 9.74. The summed E-state index contributed by atoms with van der Waals surface area (Å²) in [6, 6.07) is 11.3. The molecule has 150 valence electrons. The second kappa shape index (κ2) is 7.67. The molecule has 0 N–H and O–H groups in total. The molecule has 0 radical (unpaired) electrons. The van der Waals surface area contributed by atoms with Crippen LogP contribution in [0.15, 0.2) is 60.1 Å². The maximum absolute atomic E-state index is 13.1. The van der Waals surface area contributed by atoms with Crippen molar-refractivity contribution in [3.63, 3.8) is 0 Å². The van der Waals surface area contributed by atoms with Crippen LogP contribution >= 0.6 is 15.9 Å². The quantitative estimate of drug-likeness (QED) is 0.485. The average molecular weight is 464 g/mol. The molecule has 0 bridgehead atoms. The third-order valence-corrected chi connectivity index (χ3v) is 5.24. The van der Waals surface area contributed by atoms with E-state index in [2.05, 4.69) is 26.1 Å². The number of aromatic nitrogens is 2. The molecule has 29 heavy (non-hydrogen) atoms. The summed E-state index contributed by atoms with van der Waals surface area (Å²) < 4.78 is 41.8. The fraction of sp³-hybridized carbons (Fsp3) is 0.238. The van der Waals surface area contributed by atoms with E-state index in [-0.39, 0.29) is 6.10 Å². The molecule has 0 saturated heterocycles. The molecule has 1 aromatic heterocycles. The highest BCUT2D eigenvalue weighted by atomic mass is 79.9. The number of aryl methyl sites for hydroxylation is 1. The minimum absolute atomic E-state index is 0.200. The molecule has 4 rings (SSSR count). The summed E-state index contributed by atoms with van der Waals surface area (Å²) in [4.78, 5) is 9.88. The van der Waals surface area contributed by atoms with Crippen molar-refractivity contribution < 1.29 is 18.0 Å². The highest BCUT2D eigenvalue weighted by Gasteiger charge is 2.30. The molecule has 0 amide bonds. The highest BCUT2D eigenvalue weighted by Crippen LogP contribution is 2.34. The number of alkyl halides is 3. The van der Waals surface area contributed by atoms with Gasteiger partial charge in [0.2, 0.25) is 0 Å². The van der Waals surface area contributed by atoms with Crippen molar-refractivity contribution in [1.82, 2.24) is 9.55 Å². The van der Waals surface area contributed by atoms with Gasteiger partial charge in [-0.25, -0.2) is 4.98 Å². The lowest BCUT2D eigenvalue weighted by Crippen LogP contribution is -2.05. The lowest BCUT2D eigenvalue weighted by molar-refractivity contribution is -0.137. The number of oxime groups is 1. The molecule has 0 spiro atoms. The maximum atomic E-state index is 13.1. The molecular weight excluding hydrogens is 447 g/mol. The van der Waals surface area contributed by atoms with Crippen LogP contribution in [0.2, 0.25) is 0 Å². The van der Waals surface area contributed by atoms with Gasteiger partial charge in [0, 0.05) is 25.2 Å². The topological polar surface area (TPSA) is 39.4 Å². The van der Waals surface area contributed by atoms with Crippen molar-refractivity contribution in [1.29, 1.82) is 0 Å².